The van der Waals surface area contributed by atoms with Crippen molar-refractivity contribution in [2.75, 3.05) is 0 Å². The number of hydrogen-bond acceptors (Lipinski definition) is 0. The number of benzene rings is 1. The van der Waals surface area contributed by atoms with Gasteiger partial charge in [-0.3, -0.25) is 0 Å². The average Bonchev–Trinajstić information content (AvgIpc) is 1.90. The molecule has 0 aliphatic rings. The third-order valence-electron chi connectivity index (χ3n) is 1.13. The summed E-state index contributed by atoms with van der Waals surface area (Å²) < 4.78 is 0. The summed E-state index contributed by atoms with van der Waals surface area (Å²) in [6.07, 6.45) is 2.08. The van der Waals surface area contributed by atoms with Gasteiger partial charge in [0.15, 0.2) is 0 Å². The molecule has 1 rings (SSSR count). The van der Waals surface area contributed by atoms with Gasteiger partial charge in [-0.2, -0.15) is 24.1 Å². The van der Waals surface area contributed by atoms with E-state index in [1.165, 1.54) is 5.56 Å². The molecule has 0 heterocycles. The van der Waals surface area contributed by atoms with Crippen LogP contribution in [0.3, 0.4) is 0 Å². The first kappa shape index (κ1) is 25.4. The van der Waals surface area contributed by atoms with E-state index in [2.05, 4.69) is 18.6 Å². The molecule has 0 aliphatic heterocycles. The molecule has 1 aromatic carbocycles. The molecule has 0 radical (unpaired) electrons. The number of hydrogen-bond donors (Lipinski definition) is 0. The zero-order valence-corrected chi connectivity index (χ0v) is 23.7. The van der Waals surface area contributed by atoms with E-state index in [0.717, 1.165) is 0 Å². The van der Waals surface area contributed by atoms with Gasteiger partial charge in [-0.05, 0) is 0 Å². The second-order valence-electron chi connectivity index (χ2n) is 1.70. The summed E-state index contributed by atoms with van der Waals surface area (Å²) in [5.74, 6) is 0. The third-order valence-corrected chi connectivity index (χ3v) is 1.13. The molecule has 0 nitrogen and oxygen atoms in total. The monoisotopic (exact) mass is 376 g/mol. The first-order valence-electron chi connectivity index (χ1n) is 2.78. The van der Waals surface area contributed by atoms with Crippen molar-refractivity contribution in [1.82, 2.24) is 0 Å². The molecule has 0 aliphatic carbocycles. The van der Waals surface area contributed by atoms with Gasteiger partial charge in [-0.15, -0.1) is 12.1 Å². The minimum absolute atomic E-state index is 0. The van der Waals surface area contributed by atoms with Crippen LogP contribution in [0.25, 0.3) is 0 Å². The largest absolute Gasteiger partial charge is 1.00 e. The summed E-state index contributed by atoms with van der Waals surface area (Å²) in [7, 11) is 0. The predicted octanol–water partition coefficient (Wildman–Crippen LogP) is -6.17. The summed E-state index contributed by atoms with van der Waals surface area (Å²) in [6, 6.07) is 10.3. The van der Waals surface area contributed by atoms with Gasteiger partial charge < -0.3 is 8.85 Å². The molecule has 0 N–H and O–H groups in total. The molecule has 0 spiro atoms. The first-order valence-corrected chi connectivity index (χ1v) is 2.78. The minimum Gasteiger partial charge on any atom is -1.00 e. The molecular formula is C9H13Rb3. The second kappa shape index (κ2) is 17.9. The van der Waals surface area contributed by atoms with Gasteiger partial charge >= 0.3 is 175 Å². The fourth-order valence-electron chi connectivity index (χ4n) is 0.645. The van der Waals surface area contributed by atoms with E-state index in [4.69, 9.17) is 0 Å². The fraction of sp³-hybridized carbons (Fsp3) is 0.111. The van der Waals surface area contributed by atoms with Gasteiger partial charge in [0.05, 0.1) is 0 Å². The van der Waals surface area contributed by atoms with Crippen molar-refractivity contribution in [3.05, 3.63) is 49.7 Å². The maximum Gasteiger partial charge on any atom is 1.00 e. The summed E-state index contributed by atoms with van der Waals surface area (Å²) in [6.45, 7) is 2.04. The van der Waals surface area contributed by atoms with Crippen molar-refractivity contribution in [3.63, 3.8) is 0 Å². The maximum atomic E-state index is 2.08. The van der Waals surface area contributed by atoms with Crippen LogP contribution in [0.4, 0.5) is 0 Å². The molecule has 0 aromatic heterocycles. The van der Waals surface area contributed by atoms with Crippen molar-refractivity contribution in [2.24, 2.45) is 0 Å². The Bertz CT molecular complexity index is 156. The van der Waals surface area contributed by atoms with Crippen LogP contribution in [-0.4, -0.2) is 0 Å². The third kappa shape index (κ3) is 12.6. The van der Waals surface area contributed by atoms with Gasteiger partial charge in [0.2, 0.25) is 0 Å². The van der Waals surface area contributed by atoms with Gasteiger partial charge in [0.25, 0.3) is 0 Å². The Hall–Kier alpha value is 4.51. The first-order chi connectivity index (χ1) is 3.93. The molecule has 0 fully saturated rings. The summed E-state index contributed by atoms with van der Waals surface area (Å²) in [5.41, 5.74) is 1.28. The van der Waals surface area contributed by atoms with E-state index in [9.17, 15) is 0 Å². The van der Waals surface area contributed by atoms with E-state index in [1.807, 2.05) is 25.1 Å². The van der Waals surface area contributed by atoms with Crippen LogP contribution in [0.15, 0.2) is 30.3 Å². The van der Waals surface area contributed by atoms with Crippen LogP contribution in [0.2, 0.25) is 0 Å². The van der Waals surface area contributed by atoms with Gasteiger partial charge in [0.1, 0.15) is 0 Å². The van der Waals surface area contributed by atoms with E-state index < -0.39 is 0 Å². The molecule has 0 bridgehead atoms. The van der Waals surface area contributed by atoms with Crippen molar-refractivity contribution in [2.45, 2.75) is 6.92 Å². The Balaban J connectivity index is -0.0000000427. The van der Waals surface area contributed by atoms with Crippen LogP contribution < -0.4 is 175 Å². The molecule has 0 unspecified atom stereocenters. The van der Waals surface area contributed by atoms with Crippen LogP contribution >= 0.6 is 0 Å². The van der Waals surface area contributed by atoms with Crippen LogP contribution in [0.1, 0.15) is 13.9 Å². The van der Waals surface area contributed by atoms with E-state index in [1.54, 1.807) is 0 Å². The van der Waals surface area contributed by atoms with E-state index >= 15 is 0 Å². The Kier molecular flexibility index (Phi) is 37.8. The predicted molar refractivity (Wildman–Crippen MR) is 43.0 cm³/mol. The Labute approximate surface area is 225 Å². The fourth-order valence-corrected chi connectivity index (χ4v) is 0.645. The zero-order chi connectivity index (χ0) is 5.82. The number of rotatable bonds is 1. The SMILES string of the molecule is C[CH-]c1ccccc1.[CH3-].[H-].[Rb+].[Rb+].[Rb+]. The average molecular weight is 378 g/mol. The van der Waals surface area contributed by atoms with Crippen LogP contribution in [0.5, 0.6) is 0 Å². The van der Waals surface area contributed by atoms with Crippen LogP contribution in [-0.2, 0) is 0 Å². The normalized spacial score (nSPS) is 5.75. The van der Waals surface area contributed by atoms with Gasteiger partial charge in [0, 0.05) is 0 Å². The zero-order valence-electron chi connectivity index (χ0n) is 9.96. The van der Waals surface area contributed by atoms with Crippen LogP contribution in [0, 0.1) is 13.8 Å². The summed E-state index contributed by atoms with van der Waals surface area (Å²) in [4.78, 5) is 0. The second-order valence-corrected chi connectivity index (χ2v) is 1.70. The molecule has 0 saturated carbocycles. The molecular weight excluding hydrogens is 365 g/mol. The Morgan fingerprint density at radius 1 is 1.00 bits per heavy atom. The van der Waals surface area contributed by atoms with Gasteiger partial charge in [-0.1, -0.05) is 13.0 Å². The van der Waals surface area contributed by atoms with E-state index in [0.29, 0.717) is 0 Å². The molecule has 1 aromatic rings. The standard InChI is InChI=1S/C8H9.CH3.3Rb.H/c1-2-8-6-4-3-5-7-8;;;;;/h2-7H,1H3;1H3;;;;/q2*-1;3*+1;-1. The molecule has 0 atom stereocenters. The molecule has 0 saturated heterocycles. The molecule has 52 valence electrons. The molecule has 3 heteroatoms. The summed E-state index contributed by atoms with van der Waals surface area (Å²) >= 11 is 0. The Morgan fingerprint density at radius 3 is 1.67 bits per heavy atom. The van der Waals surface area contributed by atoms with Gasteiger partial charge in [-0.25, -0.2) is 0 Å². The smallest absolute Gasteiger partial charge is 1.00 e. The maximum absolute atomic E-state index is 2.08. The van der Waals surface area contributed by atoms with Crippen molar-refractivity contribution < 1.29 is 176 Å². The quantitative estimate of drug-likeness (QED) is 0.428. The molecule has 0 amide bonds. The summed E-state index contributed by atoms with van der Waals surface area (Å²) in [5, 5.41) is 0. The van der Waals surface area contributed by atoms with E-state index in [-0.39, 0.29) is 183 Å². The van der Waals surface area contributed by atoms with Crippen molar-refractivity contribution in [3.8, 4) is 0 Å². The van der Waals surface area contributed by atoms with Crippen molar-refractivity contribution in [1.29, 1.82) is 0 Å². The Morgan fingerprint density at radius 2 is 1.42 bits per heavy atom. The minimum atomic E-state index is 0. The molecule has 12 heavy (non-hydrogen) atoms. The topological polar surface area (TPSA) is 0 Å². The van der Waals surface area contributed by atoms with Crippen molar-refractivity contribution >= 4 is 0 Å².